The van der Waals surface area contributed by atoms with Crippen LogP contribution in [0.3, 0.4) is 0 Å². The molecule has 3 N–H and O–H groups in total. The molecule has 0 bridgehead atoms. The third-order valence-electron chi connectivity index (χ3n) is 2.97. The van der Waals surface area contributed by atoms with Gasteiger partial charge in [0, 0.05) is 5.56 Å². The van der Waals surface area contributed by atoms with E-state index in [0.717, 1.165) is 16.7 Å². The normalized spacial score (nSPS) is 10.4. The van der Waals surface area contributed by atoms with Crippen LogP contribution in [0.25, 0.3) is 22.3 Å². The van der Waals surface area contributed by atoms with Gasteiger partial charge in [0.25, 0.3) is 0 Å². The molecule has 0 fully saturated rings. The summed E-state index contributed by atoms with van der Waals surface area (Å²) >= 11 is 0. The van der Waals surface area contributed by atoms with E-state index in [2.05, 4.69) is 34.5 Å². The predicted octanol–water partition coefficient (Wildman–Crippen LogP) is 3.33. The summed E-state index contributed by atoms with van der Waals surface area (Å²) in [5, 5.41) is 6.76. The van der Waals surface area contributed by atoms with Crippen LogP contribution in [0.5, 0.6) is 0 Å². The number of rotatable bonds is 2. The molecular weight excluding hydrogens is 222 g/mol. The van der Waals surface area contributed by atoms with Gasteiger partial charge in [-0.1, -0.05) is 54.6 Å². The Morgan fingerprint density at radius 3 is 2.11 bits per heavy atom. The molecule has 1 heterocycles. The smallest absolute Gasteiger partial charge is 0.126 e. The summed E-state index contributed by atoms with van der Waals surface area (Å²) in [6.45, 7) is 0. The molecule has 3 rings (SSSR count). The maximum absolute atomic E-state index is 5.90. The minimum atomic E-state index is 0.596. The topological polar surface area (TPSA) is 54.7 Å². The summed E-state index contributed by atoms with van der Waals surface area (Å²) in [5.41, 5.74) is 10.3. The number of hydrogen-bond acceptors (Lipinski definition) is 2. The fraction of sp³-hybridized carbons (Fsp3) is 0. The fourth-order valence-corrected chi connectivity index (χ4v) is 2.10. The highest BCUT2D eigenvalue weighted by atomic mass is 15.1. The average Bonchev–Trinajstić information content (AvgIpc) is 2.86. The number of aromatic nitrogens is 2. The van der Waals surface area contributed by atoms with Gasteiger partial charge in [-0.3, -0.25) is 5.10 Å². The molecule has 0 saturated carbocycles. The van der Waals surface area contributed by atoms with Crippen LogP contribution in [0, 0.1) is 0 Å². The molecular formula is C15H13N3. The summed E-state index contributed by atoms with van der Waals surface area (Å²) < 4.78 is 0. The highest BCUT2D eigenvalue weighted by Gasteiger charge is 2.10. The van der Waals surface area contributed by atoms with Gasteiger partial charge in [0.1, 0.15) is 5.82 Å². The molecule has 0 spiro atoms. The Bertz CT molecular complexity index is 656. The van der Waals surface area contributed by atoms with Crippen LogP contribution in [0.2, 0.25) is 0 Å². The van der Waals surface area contributed by atoms with Crippen molar-refractivity contribution >= 4 is 5.82 Å². The summed E-state index contributed by atoms with van der Waals surface area (Å²) in [6.07, 6.45) is 1.76. The monoisotopic (exact) mass is 235 g/mol. The van der Waals surface area contributed by atoms with E-state index in [-0.39, 0.29) is 0 Å². The number of nitrogens with one attached hydrogen (secondary N) is 1. The van der Waals surface area contributed by atoms with Crippen LogP contribution in [0.15, 0.2) is 60.8 Å². The highest BCUT2D eigenvalue weighted by Crippen LogP contribution is 2.33. The summed E-state index contributed by atoms with van der Waals surface area (Å²) in [6, 6.07) is 18.5. The van der Waals surface area contributed by atoms with Gasteiger partial charge >= 0.3 is 0 Å². The Balaban J connectivity index is 2.21. The number of hydrogen-bond donors (Lipinski definition) is 2. The van der Waals surface area contributed by atoms with Crippen molar-refractivity contribution in [3.8, 4) is 22.3 Å². The van der Waals surface area contributed by atoms with Gasteiger partial charge in [0.2, 0.25) is 0 Å². The van der Waals surface area contributed by atoms with Crippen molar-refractivity contribution in [2.75, 3.05) is 5.73 Å². The first-order valence-corrected chi connectivity index (χ1v) is 5.80. The molecule has 0 atom stereocenters. The van der Waals surface area contributed by atoms with Crippen molar-refractivity contribution in [2.45, 2.75) is 0 Å². The number of nitrogens with zero attached hydrogens (tertiary/aromatic N) is 1. The van der Waals surface area contributed by atoms with Gasteiger partial charge in [0.05, 0.1) is 6.20 Å². The standard InChI is InChI=1S/C15H13N3/c16-15-14(10-17-18-15)13-9-5-4-8-12(13)11-6-2-1-3-7-11/h1-10H,(H3,16,17,18). The van der Waals surface area contributed by atoms with E-state index in [0.29, 0.717) is 5.82 Å². The molecule has 0 amide bonds. The van der Waals surface area contributed by atoms with Crippen molar-refractivity contribution < 1.29 is 0 Å². The number of anilines is 1. The zero-order chi connectivity index (χ0) is 12.4. The first kappa shape index (κ1) is 10.6. The number of nitrogens with two attached hydrogens (primary N) is 1. The van der Waals surface area contributed by atoms with E-state index >= 15 is 0 Å². The van der Waals surface area contributed by atoms with Gasteiger partial charge in [-0.2, -0.15) is 5.10 Å². The molecule has 0 saturated heterocycles. The largest absolute Gasteiger partial charge is 0.384 e. The number of aromatic amines is 1. The lowest BCUT2D eigenvalue weighted by molar-refractivity contribution is 1.10. The number of benzene rings is 2. The van der Waals surface area contributed by atoms with Crippen molar-refractivity contribution in [3.05, 3.63) is 60.8 Å². The molecule has 2 aromatic carbocycles. The molecule has 0 aliphatic rings. The second-order valence-corrected chi connectivity index (χ2v) is 4.11. The Labute approximate surface area is 105 Å². The van der Waals surface area contributed by atoms with Crippen LogP contribution < -0.4 is 5.73 Å². The molecule has 1 aromatic heterocycles. The van der Waals surface area contributed by atoms with Gasteiger partial charge in [0.15, 0.2) is 0 Å². The van der Waals surface area contributed by atoms with Crippen molar-refractivity contribution in [1.29, 1.82) is 0 Å². The first-order chi connectivity index (χ1) is 8.86. The lowest BCUT2D eigenvalue weighted by Crippen LogP contribution is -1.89. The maximum Gasteiger partial charge on any atom is 0.126 e. The van der Waals surface area contributed by atoms with E-state index in [1.54, 1.807) is 6.20 Å². The molecule has 88 valence electrons. The predicted molar refractivity (Wildman–Crippen MR) is 73.9 cm³/mol. The summed E-state index contributed by atoms with van der Waals surface area (Å²) in [5.74, 6) is 0.596. The lowest BCUT2D eigenvalue weighted by Gasteiger charge is -2.08. The Morgan fingerprint density at radius 2 is 1.44 bits per heavy atom. The van der Waals surface area contributed by atoms with E-state index < -0.39 is 0 Å². The molecule has 3 nitrogen and oxygen atoms in total. The molecule has 0 unspecified atom stereocenters. The van der Waals surface area contributed by atoms with Gasteiger partial charge in [-0.15, -0.1) is 0 Å². The van der Waals surface area contributed by atoms with Crippen molar-refractivity contribution in [3.63, 3.8) is 0 Å². The van der Waals surface area contributed by atoms with E-state index in [1.807, 2.05) is 30.3 Å². The summed E-state index contributed by atoms with van der Waals surface area (Å²) in [4.78, 5) is 0. The quantitative estimate of drug-likeness (QED) is 0.715. The van der Waals surface area contributed by atoms with Crippen molar-refractivity contribution in [1.82, 2.24) is 10.2 Å². The second-order valence-electron chi connectivity index (χ2n) is 4.11. The van der Waals surface area contributed by atoms with Gasteiger partial charge < -0.3 is 5.73 Å². The second kappa shape index (κ2) is 4.37. The average molecular weight is 235 g/mol. The number of H-pyrrole nitrogens is 1. The van der Waals surface area contributed by atoms with E-state index in [1.165, 1.54) is 5.56 Å². The van der Waals surface area contributed by atoms with E-state index in [4.69, 9.17) is 5.73 Å². The minimum Gasteiger partial charge on any atom is -0.384 e. The molecule has 3 aromatic rings. The van der Waals surface area contributed by atoms with E-state index in [9.17, 15) is 0 Å². The third-order valence-corrected chi connectivity index (χ3v) is 2.97. The Morgan fingerprint density at radius 1 is 0.778 bits per heavy atom. The minimum absolute atomic E-state index is 0.596. The fourth-order valence-electron chi connectivity index (χ4n) is 2.10. The van der Waals surface area contributed by atoms with Gasteiger partial charge in [-0.05, 0) is 16.7 Å². The summed E-state index contributed by atoms with van der Waals surface area (Å²) in [7, 11) is 0. The highest BCUT2D eigenvalue weighted by molar-refractivity contribution is 5.87. The molecule has 0 aliphatic heterocycles. The lowest BCUT2D eigenvalue weighted by atomic mass is 9.96. The van der Waals surface area contributed by atoms with Gasteiger partial charge in [-0.25, -0.2) is 0 Å². The van der Waals surface area contributed by atoms with Crippen molar-refractivity contribution in [2.24, 2.45) is 0 Å². The SMILES string of the molecule is Nc1[nH]ncc1-c1ccccc1-c1ccccc1. The molecule has 0 radical (unpaired) electrons. The van der Waals surface area contributed by atoms with Crippen LogP contribution in [-0.2, 0) is 0 Å². The Hall–Kier alpha value is -2.55. The zero-order valence-corrected chi connectivity index (χ0v) is 9.80. The zero-order valence-electron chi connectivity index (χ0n) is 9.80. The van der Waals surface area contributed by atoms with Crippen LogP contribution >= 0.6 is 0 Å². The first-order valence-electron chi connectivity index (χ1n) is 5.80. The Kier molecular flexibility index (Phi) is 2.57. The molecule has 3 heteroatoms. The maximum atomic E-state index is 5.90. The third kappa shape index (κ3) is 1.76. The van der Waals surface area contributed by atoms with Crippen LogP contribution in [0.1, 0.15) is 0 Å². The molecule has 18 heavy (non-hydrogen) atoms. The number of nitrogen functional groups attached to an aromatic ring is 1. The molecule has 0 aliphatic carbocycles. The van der Waals surface area contributed by atoms with Crippen LogP contribution in [-0.4, -0.2) is 10.2 Å². The van der Waals surface area contributed by atoms with Crippen LogP contribution in [0.4, 0.5) is 5.82 Å².